The first-order valence-electron chi connectivity index (χ1n) is 21.5. The Morgan fingerprint density at radius 3 is 1.95 bits per heavy atom. The van der Waals surface area contributed by atoms with Gasteiger partial charge < -0.3 is 13.6 Å². The number of aliphatic imine (C=N–C) groups is 1. The van der Waals surface area contributed by atoms with E-state index >= 15 is 0 Å². The van der Waals surface area contributed by atoms with Crippen molar-refractivity contribution in [2.45, 2.75) is 24.8 Å². The van der Waals surface area contributed by atoms with E-state index in [1.165, 1.54) is 22.3 Å². The molecular weight excluding hydrogens is 759 g/mol. The summed E-state index contributed by atoms with van der Waals surface area (Å²) in [6, 6.07) is 62.1. The highest BCUT2D eigenvalue weighted by Crippen LogP contribution is 2.62. The van der Waals surface area contributed by atoms with Crippen molar-refractivity contribution in [3.05, 3.63) is 233 Å². The summed E-state index contributed by atoms with van der Waals surface area (Å²) >= 11 is 0. The van der Waals surface area contributed by atoms with Crippen LogP contribution in [0, 0.1) is 5.92 Å². The molecule has 4 heteroatoms. The zero-order valence-corrected chi connectivity index (χ0v) is 34.1. The molecule has 2 unspecified atom stereocenters. The molecule has 0 saturated heterocycles. The zero-order valence-electron chi connectivity index (χ0n) is 34.1. The number of furan rings is 2. The molecule has 13 rings (SSSR count). The number of para-hydroxylation sites is 4. The van der Waals surface area contributed by atoms with Crippen LogP contribution in [0.15, 0.2) is 208 Å². The van der Waals surface area contributed by atoms with E-state index in [1.54, 1.807) is 0 Å². The van der Waals surface area contributed by atoms with Gasteiger partial charge in [-0.05, 0) is 99.0 Å². The standard InChI is InChI=1S/C58H39NO3/c1-34-26-29-38(43-17-13-25-53-55(43)44-16-5-10-22-50(44)60-53)35(2)57(37-28-31-42-41-15-4-9-21-49(41)61-54(42)33-37)59-56(34)36-27-30-40-39-14-3-6-18-45(39)58(48(40)32-36)46-19-7-11-23-51(46)62-52-24-12-8-20-47(52)58/h3-25,27-34,57H,2,26H2,1H3/b38-29-,59-56?. The Morgan fingerprint density at radius 2 is 1.15 bits per heavy atom. The Hall–Kier alpha value is -7.69. The Balaban J connectivity index is 1.03. The largest absolute Gasteiger partial charge is 0.457 e. The molecule has 1 aliphatic carbocycles. The number of rotatable bonds is 3. The van der Waals surface area contributed by atoms with Gasteiger partial charge >= 0.3 is 0 Å². The normalized spacial score (nSPS) is 18.4. The molecule has 2 atom stereocenters. The lowest BCUT2D eigenvalue weighted by Crippen LogP contribution is -2.32. The van der Waals surface area contributed by atoms with Gasteiger partial charge in [-0.3, -0.25) is 4.99 Å². The first kappa shape index (κ1) is 35.1. The van der Waals surface area contributed by atoms with Crippen LogP contribution in [0.4, 0.5) is 0 Å². The lowest BCUT2D eigenvalue weighted by atomic mass is 9.66. The van der Waals surface area contributed by atoms with Crippen molar-refractivity contribution in [2.24, 2.45) is 10.9 Å². The second-order valence-corrected chi connectivity index (χ2v) is 17.0. The average molecular weight is 798 g/mol. The van der Waals surface area contributed by atoms with Gasteiger partial charge in [-0.25, -0.2) is 0 Å². The topological polar surface area (TPSA) is 47.9 Å². The third-order valence-electron chi connectivity index (χ3n) is 13.6. The molecule has 0 bridgehead atoms. The molecule has 4 nitrogen and oxygen atoms in total. The van der Waals surface area contributed by atoms with Crippen LogP contribution in [0.3, 0.4) is 0 Å². The van der Waals surface area contributed by atoms with Crippen molar-refractivity contribution < 1.29 is 13.6 Å². The molecule has 0 radical (unpaired) electrons. The minimum atomic E-state index is -0.576. The van der Waals surface area contributed by atoms with Crippen molar-refractivity contribution in [1.29, 1.82) is 0 Å². The fourth-order valence-corrected chi connectivity index (χ4v) is 10.9. The Kier molecular flexibility index (Phi) is 7.45. The Morgan fingerprint density at radius 1 is 0.532 bits per heavy atom. The molecule has 2 aliphatic heterocycles. The number of benzene rings is 8. The van der Waals surface area contributed by atoms with E-state index in [0.717, 1.165) is 106 Å². The van der Waals surface area contributed by atoms with E-state index in [-0.39, 0.29) is 5.92 Å². The molecule has 1 spiro atoms. The predicted octanol–water partition coefficient (Wildman–Crippen LogP) is 15.2. The minimum Gasteiger partial charge on any atom is -0.457 e. The number of fused-ring (bicyclic) bond motifs is 15. The van der Waals surface area contributed by atoms with Gasteiger partial charge in [-0.15, -0.1) is 0 Å². The summed E-state index contributed by atoms with van der Waals surface area (Å²) in [6.07, 6.45) is 3.16. The van der Waals surface area contributed by atoms with Crippen molar-refractivity contribution in [2.75, 3.05) is 0 Å². The number of ether oxygens (including phenoxy) is 1. The third kappa shape index (κ3) is 4.86. The van der Waals surface area contributed by atoms with Gasteiger partial charge in [0.25, 0.3) is 0 Å². The van der Waals surface area contributed by atoms with Crippen molar-refractivity contribution >= 4 is 55.2 Å². The van der Waals surface area contributed by atoms with Gasteiger partial charge in [-0.1, -0.05) is 153 Å². The minimum absolute atomic E-state index is 0.0721. The first-order chi connectivity index (χ1) is 30.6. The van der Waals surface area contributed by atoms with Crippen LogP contribution in [0.1, 0.15) is 58.3 Å². The number of allylic oxidation sites excluding steroid dienone is 1. The second-order valence-electron chi connectivity index (χ2n) is 17.0. The highest BCUT2D eigenvalue weighted by molar-refractivity contribution is 6.12. The highest BCUT2D eigenvalue weighted by atomic mass is 16.5. The van der Waals surface area contributed by atoms with Crippen molar-refractivity contribution in [3.63, 3.8) is 0 Å². The van der Waals surface area contributed by atoms with E-state index in [2.05, 4.69) is 165 Å². The molecule has 0 fully saturated rings. The van der Waals surface area contributed by atoms with Gasteiger partial charge in [-0.2, -0.15) is 0 Å². The van der Waals surface area contributed by atoms with Gasteiger partial charge in [0.2, 0.25) is 0 Å². The van der Waals surface area contributed by atoms with E-state index in [9.17, 15) is 0 Å². The summed E-state index contributed by atoms with van der Waals surface area (Å²) in [5.74, 6) is 1.83. The van der Waals surface area contributed by atoms with E-state index in [1.807, 2.05) is 24.3 Å². The van der Waals surface area contributed by atoms with Crippen LogP contribution in [0.25, 0.3) is 60.6 Å². The molecule has 294 valence electrons. The van der Waals surface area contributed by atoms with Crippen LogP contribution < -0.4 is 4.74 Å². The molecule has 0 N–H and O–H groups in total. The van der Waals surface area contributed by atoms with E-state index in [0.29, 0.717) is 0 Å². The maximum absolute atomic E-state index is 6.65. The quantitative estimate of drug-likeness (QED) is 0.179. The summed E-state index contributed by atoms with van der Waals surface area (Å²) in [4.78, 5) is 5.89. The molecule has 62 heavy (non-hydrogen) atoms. The summed E-state index contributed by atoms with van der Waals surface area (Å²) in [7, 11) is 0. The first-order valence-corrected chi connectivity index (χ1v) is 21.5. The molecular formula is C58H39NO3. The van der Waals surface area contributed by atoms with Crippen LogP contribution in [-0.2, 0) is 5.41 Å². The third-order valence-corrected chi connectivity index (χ3v) is 13.6. The zero-order chi connectivity index (χ0) is 41.1. The monoisotopic (exact) mass is 797 g/mol. The van der Waals surface area contributed by atoms with Crippen molar-refractivity contribution in [3.8, 4) is 22.6 Å². The molecule has 10 aromatic rings. The molecule has 0 amide bonds. The maximum Gasteiger partial charge on any atom is 0.136 e. The fourth-order valence-electron chi connectivity index (χ4n) is 10.9. The summed E-state index contributed by atoms with van der Waals surface area (Å²) < 4.78 is 19.6. The van der Waals surface area contributed by atoms with Crippen LogP contribution in [0.5, 0.6) is 11.5 Å². The summed E-state index contributed by atoms with van der Waals surface area (Å²) in [6.45, 7) is 7.24. The average Bonchev–Trinajstić information content (AvgIpc) is 3.97. The molecule has 3 aliphatic rings. The fraction of sp³-hybridized carbons (Fsp3) is 0.0862. The number of nitrogens with zero attached hydrogens (tertiary/aromatic N) is 1. The van der Waals surface area contributed by atoms with Gasteiger partial charge in [0.1, 0.15) is 39.9 Å². The Bertz CT molecular complexity index is 3550. The molecule has 2 aromatic heterocycles. The number of hydrogen-bond donors (Lipinski definition) is 0. The summed E-state index contributed by atoms with van der Waals surface area (Å²) in [5.41, 5.74) is 16.4. The Labute approximate surface area is 358 Å². The lowest BCUT2D eigenvalue weighted by molar-refractivity contribution is 0.436. The van der Waals surface area contributed by atoms with Gasteiger partial charge in [0, 0.05) is 44.3 Å². The SMILES string of the molecule is C=C1/C(c2cccc3oc4ccccc4c23)=C/CC(C)C(c2ccc3c(c2)C2(c4ccccc4Oc4ccccc42)c2ccccc2-3)=NC1c1ccc2c(c1)oc1ccccc12. The van der Waals surface area contributed by atoms with Crippen LogP contribution in [-0.4, -0.2) is 5.71 Å². The highest BCUT2D eigenvalue weighted by Gasteiger charge is 2.51. The summed E-state index contributed by atoms with van der Waals surface area (Å²) in [5, 5.41) is 4.38. The smallest absolute Gasteiger partial charge is 0.136 e. The second kappa shape index (κ2) is 13.2. The molecule has 4 heterocycles. The van der Waals surface area contributed by atoms with E-state index in [4.69, 9.17) is 25.1 Å². The lowest BCUT2D eigenvalue weighted by Gasteiger charge is -2.39. The number of hydrogen-bond acceptors (Lipinski definition) is 4. The predicted molar refractivity (Wildman–Crippen MR) is 251 cm³/mol. The van der Waals surface area contributed by atoms with Crippen LogP contribution in [0.2, 0.25) is 0 Å². The maximum atomic E-state index is 6.65. The van der Waals surface area contributed by atoms with Crippen LogP contribution >= 0.6 is 0 Å². The van der Waals surface area contributed by atoms with Gasteiger partial charge in [0.15, 0.2) is 0 Å². The molecule has 0 saturated carbocycles. The van der Waals surface area contributed by atoms with Crippen molar-refractivity contribution in [1.82, 2.24) is 0 Å². The molecule has 8 aromatic carbocycles. The van der Waals surface area contributed by atoms with Gasteiger partial charge in [0.05, 0.1) is 5.41 Å². The van der Waals surface area contributed by atoms with E-state index < -0.39 is 11.5 Å².